The van der Waals surface area contributed by atoms with Crippen LogP contribution >= 0.6 is 0 Å². The molecule has 0 fully saturated rings. The summed E-state index contributed by atoms with van der Waals surface area (Å²) >= 11 is 0. The summed E-state index contributed by atoms with van der Waals surface area (Å²) in [5.74, 6) is -0.0323. The second-order valence-electron chi connectivity index (χ2n) is 7.44. The number of rotatable bonds is 9. The van der Waals surface area contributed by atoms with Gasteiger partial charge in [0, 0.05) is 25.1 Å². The molecule has 0 saturated heterocycles. The third-order valence-corrected chi connectivity index (χ3v) is 3.47. The van der Waals surface area contributed by atoms with E-state index in [0.29, 0.717) is 43.7 Å². The number of hydrogen-bond acceptors (Lipinski definition) is 5. The highest BCUT2D eigenvalue weighted by molar-refractivity contribution is 5.92. The molecule has 0 spiro atoms. The molecule has 0 aromatic heterocycles. The molecular formula is C21H30N2O5. The lowest BCUT2D eigenvalue weighted by Crippen LogP contribution is -2.31. The van der Waals surface area contributed by atoms with Gasteiger partial charge in [-0.2, -0.15) is 0 Å². The van der Waals surface area contributed by atoms with Crippen LogP contribution in [0, 0.1) is 0 Å². The number of benzene rings is 1. The molecule has 1 aromatic rings. The number of esters is 1. The summed E-state index contributed by atoms with van der Waals surface area (Å²) in [6.45, 7) is 11.5. The van der Waals surface area contributed by atoms with Gasteiger partial charge in [0.1, 0.15) is 11.4 Å². The SMILES string of the molecule is C=C(C)C(=O)NCCCNC(=O)Oc1ccc(CCC(=O)OC(C)(C)C)cc1. The van der Waals surface area contributed by atoms with Crippen molar-refractivity contribution < 1.29 is 23.9 Å². The van der Waals surface area contributed by atoms with Crippen LogP contribution in [0.4, 0.5) is 4.79 Å². The van der Waals surface area contributed by atoms with Gasteiger partial charge in [0.2, 0.25) is 5.91 Å². The minimum atomic E-state index is -0.562. The number of amides is 2. The maximum atomic E-state index is 11.8. The minimum Gasteiger partial charge on any atom is -0.460 e. The molecule has 0 aliphatic heterocycles. The van der Waals surface area contributed by atoms with E-state index >= 15 is 0 Å². The molecule has 0 atom stereocenters. The van der Waals surface area contributed by atoms with E-state index in [1.807, 2.05) is 20.8 Å². The van der Waals surface area contributed by atoms with Gasteiger partial charge in [-0.05, 0) is 58.2 Å². The molecule has 0 aliphatic rings. The number of hydrogen-bond donors (Lipinski definition) is 2. The van der Waals surface area contributed by atoms with Crippen LogP contribution in [0.5, 0.6) is 5.75 Å². The van der Waals surface area contributed by atoms with Gasteiger partial charge in [-0.3, -0.25) is 9.59 Å². The average molecular weight is 390 g/mol. The first-order chi connectivity index (χ1) is 13.1. The van der Waals surface area contributed by atoms with Crippen molar-refractivity contribution in [3.63, 3.8) is 0 Å². The summed E-state index contributed by atoms with van der Waals surface area (Å²) in [5.41, 5.74) is 0.909. The summed E-state index contributed by atoms with van der Waals surface area (Å²) in [5, 5.41) is 5.29. The van der Waals surface area contributed by atoms with Crippen LogP contribution < -0.4 is 15.4 Å². The molecule has 1 rings (SSSR count). The maximum Gasteiger partial charge on any atom is 0.412 e. The first-order valence-electron chi connectivity index (χ1n) is 9.27. The fourth-order valence-electron chi connectivity index (χ4n) is 2.14. The van der Waals surface area contributed by atoms with Crippen LogP contribution in [-0.4, -0.2) is 36.7 Å². The Morgan fingerprint density at radius 2 is 1.64 bits per heavy atom. The maximum absolute atomic E-state index is 11.8. The van der Waals surface area contributed by atoms with Crippen LogP contribution in [0.25, 0.3) is 0 Å². The normalized spacial score (nSPS) is 10.7. The highest BCUT2D eigenvalue weighted by atomic mass is 16.6. The van der Waals surface area contributed by atoms with Gasteiger partial charge in [0.15, 0.2) is 0 Å². The molecular weight excluding hydrogens is 360 g/mol. The lowest BCUT2D eigenvalue weighted by molar-refractivity contribution is -0.154. The summed E-state index contributed by atoms with van der Waals surface area (Å²) < 4.78 is 10.5. The molecule has 0 radical (unpaired) electrons. The first-order valence-corrected chi connectivity index (χ1v) is 9.27. The first kappa shape index (κ1) is 23.2. The Kier molecular flexibility index (Phi) is 9.21. The van der Waals surface area contributed by atoms with Gasteiger partial charge in [0.05, 0.1) is 0 Å². The van der Waals surface area contributed by atoms with E-state index in [4.69, 9.17) is 9.47 Å². The lowest BCUT2D eigenvalue weighted by atomic mass is 10.1. The van der Waals surface area contributed by atoms with Crippen molar-refractivity contribution in [3.05, 3.63) is 42.0 Å². The van der Waals surface area contributed by atoms with Crippen LogP contribution in [-0.2, 0) is 20.7 Å². The molecule has 7 nitrogen and oxygen atoms in total. The molecule has 1 aromatic carbocycles. The lowest BCUT2D eigenvalue weighted by Gasteiger charge is -2.19. The van der Waals surface area contributed by atoms with E-state index in [9.17, 15) is 14.4 Å². The second-order valence-corrected chi connectivity index (χ2v) is 7.44. The zero-order valence-electron chi connectivity index (χ0n) is 17.1. The van der Waals surface area contributed by atoms with Crippen LogP contribution in [0.3, 0.4) is 0 Å². The Bertz CT molecular complexity index is 690. The van der Waals surface area contributed by atoms with Crippen LogP contribution in [0.2, 0.25) is 0 Å². The number of nitrogens with one attached hydrogen (secondary N) is 2. The van der Waals surface area contributed by atoms with Crippen molar-refractivity contribution in [1.82, 2.24) is 10.6 Å². The summed E-state index contributed by atoms with van der Waals surface area (Å²) in [6.07, 6.45) is 0.863. The van der Waals surface area contributed by atoms with E-state index in [0.717, 1.165) is 5.56 Å². The molecule has 0 aliphatic carbocycles. The topological polar surface area (TPSA) is 93.7 Å². The van der Waals surface area contributed by atoms with Crippen molar-refractivity contribution in [2.24, 2.45) is 0 Å². The number of carbonyl (C=O) groups is 3. The largest absolute Gasteiger partial charge is 0.460 e. The predicted octanol–water partition coefficient (Wildman–Crippen LogP) is 3.13. The number of ether oxygens (including phenoxy) is 2. The van der Waals surface area contributed by atoms with E-state index in [1.54, 1.807) is 31.2 Å². The third kappa shape index (κ3) is 10.4. The zero-order chi connectivity index (χ0) is 21.2. The highest BCUT2D eigenvalue weighted by Crippen LogP contribution is 2.15. The molecule has 0 bridgehead atoms. The van der Waals surface area contributed by atoms with Crippen LogP contribution in [0.15, 0.2) is 36.4 Å². The Balaban J connectivity index is 2.28. The van der Waals surface area contributed by atoms with Gasteiger partial charge < -0.3 is 20.1 Å². The molecule has 7 heteroatoms. The monoisotopic (exact) mass is 390 g/mol. The molecule has 2 amide bonds. The highest BCUT2D eigenvalue weighted by Gasteiger charge is 2.15. The summed E-state index contributed by atoms with van der Waals surface area (Å²) in [6, 6.07) is 6.97. The molecule has 28 heavy (non-hydrogen) atoms. The quantitative estimate of drug-likeness (QED) is 0.384. The second kappa shape index (κ2) is 11.1. The molecule has 2 N–H and O–H groups in total. The molecule has 0 heterocycles. The van der Waals surface area contributed by atoms with E-state index < -0.39 is 11.7 Å². The van der Waals surface area contributed by atoms with E-state index in [2.05, 4.69) is 17.2 Å². The molecule has 0 unspecified atom stereocenters. The number of carbonyl (C=O) groups excluding carboxylic acids is 3. The fourth-order valence-corrected chi connectivity index (χ4v) is 2.14. The van der Waals surface area contributed by atoms with E-state index in [-0.39, 0.29) is 11.9 Å². The predicted molar refractivity (Wildman–Crippen MR) is 107 cm³/mol. The molecule has 154 valence electrons. The van der Waals surface area contributed by atoms with Gasteiger partial charge in [-0.1, -0.05) is 18.7 Å². The Morgan fingerprint density at radius 3 is 2.21 bits per heavy atom. The fraction of sp³-hybridized carbons (Fsp3) is 0.476. The van der Waals surface area contributed by atoms with Crippen molar-refractivity contribution in [3.8, 4) is 5.75 Å². The summed E-state index contributed by atoms with van der Waals surface area (Å²) in [7, 11) is 0. The summed E-state index contributed by atoms with van der Waals surface area (Å²) in [4.78, 5) is 34.8. The number of aryl methyl sites for hydroxylation is 1. The van der Waals surface area contributed by atoms with Gasteiger partial charge in [-0.25, -0.2) is 4.79 Å². The van der Waals surface area contributed by atoms with E-state index in [1.165, 1.54) is 0 Å². The van der Waals surface area contributed by atoms with Crippen molar-refractivity contribution in [2.45, 2.75) is 52.6 Å². The van der Waals surface area contributed by atoms with Gasteiger partial charge in [0.25, 0.3) is 0 Å². The smallest absolute Gasteiger partial charge is 0.412 e. The zero-order valence-corrected chi connectivity index (χ0v) is 17.1. The average Bonchev–Trinajstić information content (AvgIpc) is 2.59. The van der Waals surface area contributed by atoms with Crippen LogP contribution in [0.1, 0.15) is 46.1 Å². The van der Waals surface area contributed by atoms with Gasteiger partial charge >= 0.3 is 12.1 Å². The van der Waals surface area contributed by atoms with Crippen molar-refractivity contribution >= 4 is 18.0 Å². The van der Waals surface area contributed by atoms with Crippen molar-refractivity contribution in [1.29, 1.82) is 0 Å². The Hall–Kier alpha value is -2.83. The molecule has 0 saturated carbocycles. The third-order valence-electron chi connectivity index (χ3n) is 3.47. The Labute approximate surface area is 166 Å². The minimum absolute atomic E-state index is 0.200. The standard InChI is InChI=1S/C21H30N2O5/c1-15(2)19(25)22-13-6-14-23-20(26)27-17-10-7-16(8-11-17)9-12-18(24)28-21(3,4)5/h7-8,10-11H,1,6,9,12-14H2,2-5H3,(H,22,25)(H,23,26). The van der Waals surface area contributed by atoms with Crippen molar-refractivity contribution in [2.75, 3.05) is 13.1 Å². The van der Waals surface area contributed by atoms with Gasteiger partial charge in [-0.15, -0.1) is 0 Å². The Morgan fingerprint density at radius 1 is 1.04 bits per heavy atom.